The van der Waals surface area contributed by atoms with Crippen LogP contribution >= 0.6 is 0 Å². The molecule has 0 bridgehead atoms. The minimum absolute atomic E-state index is 0.0113. The summed E-state index contributed by atoms with van der Waals surface area (Å²) in [6, 6.07) is 4.60. The molecular weight excluding hydrogens is 233 g/mol. The van der Waals surface area contributed by atoms with Crippen LogP contribution in [0, 0.1) is 5.82 Å². The smallest absolute Gasteiger partial charge is 0.241 e. The van der Waals surface area contributed by atoms with Gasteiger partial charge in [0, 0.05) is 33.4 Å². The molecule has 0 spiro atoms. The van der Waals surface area contributed by atoms with Gasteiger partial charge in [-0.1, -0.05) is 0 Å². The van der Waals surface area contributed by atoms with Gasteiger partial charge in [-0.3, -0.25) is 4.79 Å². The Balaban J connectivity index is 2.90. The Bertz CT molecular complexity index is 421. The van der Waals surface area contributed by atoms with Crippen LogP contribution in [0.25, 0.3) is 0 Å². The average Bonchev–Trinajstić information content (AvgIpc) is 2.29. The molecule has 18 heavy (non-hydrogen) atoms. The predicted octanol–water partition coefficient (Wildman–Crippen LogP) is 1.07. The third kappa shape index (κ3) is 3.70. The zero-order valence-electron chi connectivity index (χ0n) is 11.3. The molecule has 1 amide bonds. The minimum atomic E-state index is -0.267. The first-order valence-corrected chi connectivity index (χ1v) is 5.80. The van der Waals surface area contributed by atoms with E-state index in [1.165, 1.54) is 17.0 Å². The van der Waals surface area contributed by atoms with E-state index in [1.54, 1.807) is 27.2 Å². The normalized spacial score (nSPS) is 10.3. The number of carbonyl (C=O) groups excluding carboxylic acids is 1. The van der Waals surface area contributed by atoms with E-state index in [4.69, 9.17) is 0 Å². The average molecular weight is 253 g/mol. The summed E-state index contributed by atoms with van der Waals surface area (Å²) < 4.78 is 13.2. The van der Waals surface area contributed by atoms with Gasteiger partial charge in [-0.2, -0.15) is 0 Å². The first-order chi connectivity index (χ1) is 8.45. The van der Waals surface area contributed by atoms with Crippen LogP contribution in [0.3, 0.4) is 0 Å². The van der Waals surface area contributed by atoms with Crippen molar-refractivity contribution < 1.29 is 9.18 Å². The largest absolute Gasteiger partial charge is 0.365 e. The number of carbonyl (C=O) groups is 1. The van der Waals surface area contributed by atoms with Crippen molar-refractivity contribution in [2.45, 2.75) is 6.54 Å². The summed E-state index contributed by atoms with van der Waals surface area (Å²) in [5, 5.41) is 2.99. The van der Waals surface area contributed by atoms with Crippen LogP contribution in [0.15, 0.2) is 18.2 Å². The Morgan fingerprint density at radius 3 is 2.56 bits per heavy atom. The molecule has 0 aliphatic carbocycles. The van der Waals surface area contributed by atoms with E-state index in [2.05, 4.69) is 5.32 Å². The second kappa shape index (κ2) is 6.35. The third-order valence-electron chi connectivity index (χ3n) is 2.69. The number of anilines is 1. The van der Waals surface area contributed by atoms with Gasteiger partial charge in [0.05, 0.1) is 6.54 Å². The van der Waals surface area contributed by atoms with Crippen LogP contribution in [-0.2, 0) is 11.3 Å². The summed E-state index contributed by atoms with van der Waals surface area (Å²) >= 11 is 0. The third-order valence-corrected chi connectivity index (χ3v) is 2.69. The van der Waals surface area contributed by atoms with Gasteiger partial charge in [0.25, 0.3) is 0 Å². The number of likely N-dealkylation sites (N-methyl/N-ethyl adjacent to an activating group) is 2. The van der Waals surface area contributed by atoms with Crippen molar-refractivity contribution in [3.63, 3.8) is 0 Å². The lowest BCUT2D eigenvalue weighted by atomic mass is 10.1. The molecular formula is C13H20FN3O. The van der Waals surface area contributed by atoms with Crippen LogP contribution in [-0.4, -0.2) is 45.5 Å². The molecule has 0 unspecified atom stereocenters. The Morgan fingerprint density at radius 1 is 1.33 bits per heavy atom. The Kier molecular flexibility index (Phi) is 5.09. The van der Waals surface area contributed by atoms with E-state index in [0.717, 1.165) is 11.3 Å². The van der Waals surface area contributed by atoms with E-state index in [-0.39, 0.29) is 18.3 Å². The lowest BCUT2D eigenvalue weighted by molar-refractivity contribution is -0.127. The molecule has 0 aliphatic heterocycles. The number of benzene rings is 1. The Labute approximate surface area is 107 Å². The van der Waals surface area contributed by atoms with Gasteiger partial charge < -0.3 is 15.1 Å². The molecule has 0 heterocycles. The number of halogens is 1. The van der Waals surface area contributed by atoms with Crippen LogP contribution in [0.1, 0.15) is 5.56 Å². The van der Waals surface area contributed by atoms with Crippen molar-refractivity contribution in [3.8, 4) is 0 Å². The van der Waals surface area contributed by atoms with Crippen molar-refractivity contribution in [3.05, 3.63) is 29.6 Å². The number of hydrogen-bond donors (Lipinski definition) is 1. The highest BCUT2D eigenvalue weighted by Gasteiger charge is 2.12. The molecule has 0 aliphatic rings. The molecule has 1 aromatic rings. The number of nitrogens with one attached hydrogen (secondary N) is 1. The maximum absolute atomic E-state index is 13.2. The highest BCUT2D eigenvalue weighted by Crippen LogP contribution is 2.20. The highest BCUT2D eigenvalue weighted by atomic mass is 19.1. The summed E-state index contributed by atoms with van der Waals surface area (Å²) in [6.45, 7) is 0.836. The van der Waals surface area contributed by atoms with Crippen LogP contribution in [0.2, 0.25) is 0 Å². The van der Waals surface area contributed by atoms with E-state index < -0.39 is 0 Å². The van der Waals surface area contributed by atoms with Crippen molar-refractivity contribution >= 4 is 11.6 Å². The van der Waals surface area contributed by atoms with E-state index >= 15 is 0 Å². The molecule has 0 radical (unpaired) electrons. The minimum Gasteiger partial charge on any atom is -0.365 e. The number of nitrogens with zero attached hydrogens (tertiary/aromatic N) is 2. The molecule has 1 rings (SSSR count). The number of amides is 1. The molecule has 0 saturated carbocycles. The van der Waals surface area contributed by atoms with Gasteiger partial charge in [-0.25, -0.2) is 4.39 Å². The van der Waals surface area contributed by atoms with E-state index in [0.29, 0.717) is 6.54 Å². The fourth-order valence-corrected chi connectivity index (χ4v) is 1.69. The lowest BCUT2D eigenvalue weighted by Crippen LogP contribution is -2.35. The van der Waals surface area contributed by atoms with Crippen molar-refractivity contribution in [1.29, 1.82) is 0 Å². The van der Waals surface area contributed by atoms with E-state index in [1.807, 2.05) is 11.9 Å². The molecule has 0 aromatic heterocycles. The fraction of sp³-hybridized carbons (Fsp3) is 0.462. The first kappa shape index (κ1) is 14.4. The van der Waals surface area contributed by atoms with Gasteiger partial charge in [0.1, 0.15) is 5.82 Å². The molecule has 4 nitrogen and oxygen atoms in total. The van der Waals surface area contributed by atoms with Gasteiger partial charge in [-0.05, 0) is 30.8 Å². The zero-order chi connectivity index (χ0) is 13.7. The van der Waals surface area contributed by atoms with Crippen LogP contribution < -0.4 is 10.2 Å². The Hall–Kier alpha value is -1.62. The van der Waals surface area contributed by atoms with Crippen LogP contribution in [0.5, 0.6) is 0 Å². The lowest BCUT2D eigenvalue weighted by Gasteiger charge is -2.23. The maximum atomic E-state index is 13.2. The van der Waals surface area contributed by atoms with Crippen LogP contribution in [0.4, 0.5) is 10.1 Å². The first-order valence-electron chi connectivity index (χ1n) is 5.80. The van der Waals surface area contributed by atoms with Gasteiger partial charge in [0.2, 0.25) is 5.91 Å². The maximum Gasteiger partial charge on any atom is 0.241 e. The molecule has 100 valence electrons. The SMILES string of the molecule is CNCc1cc(F)ccc1N(C)CC(=O)N(C)C. The summed E-state index contributed by atoms with van der Waals surface area (Å²) in [5.41, 5.74) is 1.70. The second-order valence-corrected chi connectivity index (χ2v) is 4.45. The predicted molar refractivity (Wildman–Crippen MR) is 71.1 cm³/mol. The van der Waals surface area contributed by atoms with Gasteiger partial charge in [0.15, 0.2) is 0 Å². The van der Waals surface area contributed by atoms with Crippen molar-refractivity contribution in [2.75, 3.05) is 39.6 Å². The van der Waals surface area contributed by atoms with E-state index in [9.17, 15) is 9.18 Å². The molecule has 1 aromatic carbocycles. The standard InChI is InChI=1S/C13H20FN3O/c1-15-8-10-7-11(14)5-6-12(10)17(4)9-13(18)16(2)3/h5-7,15H,8-9H2,1-4H3. The topological polar surface area (TPSA) is 35.6 Å². The summed E-state index contributed by atoms with van der Waals surface area (Å²) in [6.07, 6.45) is 0. The molecule has 0 saturated heterocycles. The van der Waals surface area contributed by atoms with Gasteiger partial charge >= 0.3 is 0 Å². The molecule has 0 fully saturated rings. The number of hydrogen-bond acceptors (Lipinski definition) is 3. The fourth-order valence-electron chi connectivity index (χ4n) is 1.69. The summed E-state index contributed by atoms with van der Waals surface area (Å²) in [5.74, 6) is -0.256. The summed E-state index contributed by atoms with van der Waals surface area (Å²) in [7, 11) is 7.07. The Morgan fingerprint density at radius 2 is 2.00 bits per heavy atom. The highest BCUT2D eigenvalue weighted by molar-refractivity contribution is 5.81. The van der Waals surface area contributed by atoms with Crippen molar-refractivity contribution in [1.82, 2.24) is 10.2 Å². The monoisotopic (exact) mass is 253 g/mol. The van der Waals surface area contributed by atoms with Crippen molar-refractivity contribution in [2.24, 2.45) is 0 Å². The quantitative estimate of drug-likeness (QED) is 0.852. The molecule has 5 heteroatoms. The zero-order valence-corrected chi connectivity index (χ0v) is 11.3. The molecule has 0 atom stereocenters. The number of rotatable bonds is 5. The molecule has 1 N–H and O–H groups in total. The summed E-state index contributed by atoms with van der Waals surface area (Å²) in [4.78, 5) is 15.0. The second-order valence-electron chi connectivity index (χ2n) is 4.45. The van der Waals surface area contributed by atoms with Gasteiger partial charge in [-0.15, -0.1) is 0 Å².